The average molecular weight is 832 g/mol. The van der Waals surface area contributed by atoms with E-state index in [0.717, 1.165) is 33.9 Å². The molecule has 12 rings (SSSR count). The van der Waals surface area contributed by atoms with E-state index in [1.807, 2.05) is 12.1 Å². The Bertz CT molecular complexity index is 3250. The normalized spacial score (nSPS) is 13.6. The van der Waals surface area contributed by atoms with Gasteiger partial charge >= 0.3 is 0 Å². The van der Waals surface area contributed by atoms with Crippen LogP contribution in [-0.2, 0) is 10.8 Å². The molecule has 2 heteroatoms. The third-order valence-corrected chi connectivity index (χ3v) is 14.0. The molecule has 308 valence electrons. The number of fused-ring (bicyclic) bond motifs is 6. The second-order valence-corrected chi connectivity index (χ2v) is 17.1. The summed E-state index contributed by atoms with van der Waals surface area (Å²) in [6.45, 7) is 0. The Kier molecular flexibility index (Phi) is 9.21. The maximum absolute atomic E-state index is 5.50. The summed E-state index contributed by atoms with van der Waals surface area (Å²) in [5.74, 6) is 0.845. The molecule has 0 spiro atoms. The fraction of sp³-hybridized carbons (Fsp3) is 0.0476. The molecule has 65 heavy (non-hydrogen) atoms. The molecule has 0 saturated carbocycles. The molecule has 10 aromatic carbocycles. The lowest BCUT2D eigenvalue weighted by atomic mass is 9.67. The number of benzene rings is 10. The largest absolute Gasteiger partial charge is 0.497 e. The van der Waals surface area contributed by atoms with Crippen LogP contribution in [0.4, 0.5) is 17.1 Å². The van der Waals surface area contributed by atoms with Crippen molar-refractivity contribution in [3.8, 4) is 39.1 Å². The maximum Gasteiger partial charge on any atom is 0.118 e. The lowest BCUT2D eigenvalue weighted by molar-refractivity contribution is 0.415. The van der Waals surface area contributed by atoms with Crippen molar-refractivity contribution in [3.05, 3.63) is 299 Å². The van der Waals surface area contributed by atoms with Crippen LogP contribution in [0, 0.1) is 0 Å². The van der Waals surface area contributed by atoms with Crippen LogP contribution in [-0.4, -0.2) is 7.11 Å². The van der Waals surface area contributed by atoms with Crippen molar-refractivity contribution in [1.82, 2.24) is 0 Å². The second kappa shape index (κ2) is 15.6. The van der Waals surface area contributed by atoms with Gasteiger partial charge in [0.1, 0.15) is 5.75 Å². The standard InChI is InChI=1S/C63H45NO/c1-65-52-40-35-45(36-41-52)44-33-37-50(38-34-44)64(51-39-42-54-53-27-14-16-29-56(53)63(59(54)43-51,48-23-10-4-11-24-48)49-25-12-5-13-26-49)60-32-18-31-58-61(60)55-28-15-17-30-57(55)62(58,46-19-6-2-7-20-46)47-21-8-3-9-22-47/h2-43H,1H3. The van der Waals surface area contributed by atoms with Crippen LogP contribution in [0.3, 0.4) is 0 Å². The van der Waals surface area contributed by atoms with Crippen molar-refractivity contribution in [1.29, 1.82) is 0 Å². The highest BCUT2D eigenvalue weighted by atomic mass is 16.5. The molecule has 0 fully saturated rings. The van der Waals surface area contributed by atoms with Gasteiger partial charge in [-0.25, -0.2) is 0 Å². The first kappa shape index (κ1) is 38.5. The monoisotopic (exact) mass is 831 g/mol. The van der Waals surface area contributed by atoms with Crippen LogP contribution < -0.4 is 9.64 Å². The molecule has 0 aliphatic heterocycles. The highest BCUT2D eigenvalue weighted by Crippen LogP contribution is 2.61. The minimum Gasteiger partial charge on any atom is -0.497 e. The number of hydrogen-bond donors (Lipinski definition) is 0. The van der Waals surface area contributed by atoms with E-state index in [4.69, 9.17) is 4.74 Å². The van der Waals surface area contributed by atoms with Crippen molar-refractivity contribution < 1.29 is 4.74 Å². The van der Waals surface area contributed by atoms with E-state index in [0.29, 0.717) is 0 Å². The van der Waals surface area contributed by atoms with Gasteiger partial charge in [-0.1, -0.05) is 212 Å². The molecule has 2 aliphatic carbocycles. The van der Waals surface area contributed by atoms with E-state index in [2.05, 4.69) is 248 Å². The quantitative estimate of drug-likeness (QED) is 0.144. The first-order chi connectivity index (χ1) is 32.2. The van der Waals surface area contributed by atoms with Crippen molar-refractivity contribution >= 4 is 17.1 Å². The zero-order valence-corrected chi connectivity index (χ0v) is 36.1. The Balaban J connectivity index is 1.14. The summed E-state index contributed by atoms with van der Waals surface area (Å²) in [5, 5.41) is 0. The van der Waals surface area contributed by atoms with E-state index in [1.54, 1.807) is 7.11 Å². The highest BCUT2D eigenvalue weighted by Gasteiger charge is 2.49. The fourth-order valence-corrected chi connectivity index (χ4v) is 11.2. The van der Waals surface area contributed by atoms with E-state index in [1.165, 1.54) is 66.8 Å². The number of methoxy groups -OCH3 is 1. The third kappa shape index (κ3) is 5.81. The molecule has 2 aliphatic rings. The van der Waals surface area contributed by atoms with Gasteiger partial charge in [-0.15, -0.1) is 0 Å². The fourth-order valence-electron chi connectivity index (χ4n) is 11.2. The summed E-state index contributed by atoms with van der Waals surface area (Å²) in [6, 6.07) is 93.9. The van der Waals surface area contributed by atoms with Crippen molar-refractivity contribution in [2.24, 2.45) is 0 Å². The van der Waals surface area contributed by atoms with Gasteiger partial charge in [0.25, 0.3) is 0 Å². The Hall–Kier alpha value is -8.20. The second-order valence-electron chi connectivity index (χ2n) is 17.1. The highest BCUT2D eigenvalue weighted by molar-refractivity contribution is 5.98. The molecular weight excluding hydrogens is 787 g/mol. The van der Waals surface area contributed by atoms with Crippen LogP contribution in [0.25, 0.3) is 33.4 Å². The SMILES string of the molecule is COc1ccc(-c2ccc(N(c3ccc4c(c3)C(c3ccccc3)(c3ccccc3)c3ccccc3-4)c3cccc4c3-c3ccccc3C4(c3ccccc3)c3ccccc3)cc2)cc1. The number of hydrogen-bond acceptors (Lipinski definition) is 2. The third-order valence-electron chi connectivity index (χ3n) is 14.0. The van der Waals surface area contributed by atoms with Gasteiger partial charge in [0.05, 0.1) is 23.6 Å². The van der Waals surface area contributed by atoms with Crippen molar-refractivity contribution in [3.63, 3.8) is 0 Å². The molecule has 10 aromatic rings. The summed E-state index contributed by atoms with van der Waals surface area (Å²) in [6.07, 6.45) is 0. The van der Waals surface area contributed by atoms with Crippen LogP contribution in [0.5, 0.6) is 5.75 Å². The smallest absolute Gasteiger partial charge is 0.118 e. The predicted octanol–water partition coefficient (Wildman–Crippen LogP) is 15.6. The summed E-state index contributed by atoms with van der Waals surface area (Å²) in [7, 11) is 1.71. The Morgan fingerprint density at radius 2 is 0.738 bits per heavy atom. The van der Waals surface area contributed by atoms with Gasteiger partial charge in [0.15, 0.2) is 0 Å². The number of nitrogens with zero attached hydrogens (tertiary/aromatic N) is 1. The molecule has 0 radical (unpaired) electrons. The van der Waals surface area contributed by atoms with Gasteiger partial charge in [-0.05, 0) is 115 Å². The molecule has 0 aromatic heterocycles. The molecule has 0 atom stereocenters. The Labute approximate surface area is 381 Å². The topological polar surface area (TPSA) is 12.5 Å². The summed E-state index contributed by atoms with van der Waals surface area (Å²) < 4.78 is 5.50. The minimum absolute atomic E-state index is 0.538. The Morgan fingerprint density at radius 1 is 0.323 bits per heavy atom. The molecule has 0 bridgehead atoms. The summed E-state index contributed by atoms with van der Waals surface area (Å²) in [5.41, 5.74) is 19.6. The van der Waals surface area contributed by atoms with Gasteiger partial charge in [-0.2, -0.15) is 0 Å². The molecule has 2 nitrogen and oxygen atoms in total. The van der Waals surface area contributed by atoms with Crippen molar-refractivity contribution in [2.45, 2.75) is 10.8 Å². The molecular formula is C63H45NO. The van der Waals surface area contributed by atoms with Gasteiger partial charge in [-0.3, -0.25) is 0 Å². The number of anilines is 3. The number of rotatable bonds is 9. The molecule has 0 saturated heterocycles. The first-order valence-electron chi connectivity index (χ1n) is 22.5. The van der Waals surface area contributed by atoms with Crippen molar-refractivity contribution in [2.75, 3.05) is 12.0 Å². The molecule has 0 N–H and O–H groups in total. The van der Waals surface area contributed by atoms with E-state index >= 15 is 0 Å². The number of ether oxygens (including phenoxy) is 1. The lowest BCUT2D eigenvalue weighted by Crippen LogP contribution is -2.29. The molecule has 0 heterocycles. The van der Waals surface area contributed by atoms with Gasteiger partial charge in [0, 0.05) is 16.9 Å². The molecule has 0 amide bonds. The summed E-state index contributed by atoms with van der Waals surface area (Å²) >= 11 is 0. The van der Waals surface area contributed by atoms with E-state index in [9.17, 15) is 0 Å². The van der Waals surface area contributed by atoms with Gasteiger partial charge < -0.3 is 9.64 Å². The molecule has 0 unspecified atom stereocenters. The lowest BCUT2D eigenvalue weighted by Gasteiger charge is -2.35. The van der Waals surface area contributed by atoms with Crippen LogP contribution in [0.15, 0.2) is 255 Å². The predicted molar refractivity (Wildman–Crippen MR) is 268 cm³/mol. The van der Waals surface area contributed by atoms with E-state index < -0.39 is 10.8 Å². The zero-order valence-electron chi connectivity index (χ0n) is 36.1. The van der Waals surface area contributed by atoms with Crippen LogP contribution in [0.1, 0.15) is 44.5 Å². The maximum atomic E-state index is 5.50. The van der Waals surface area contributed by atoms with E-state index in [-0.39, 0.29) is 0 Å². The van der Waals surface area contributed by atoms with Crippen LogP contribution in [0.2, 0.25) is 0 Å². The zero-order chi connectivity index (χ0) is 43.4. The Morgan fingerprint density at radius 3 is 1.28 bits per heavy atom. The van der Waals surface area contributed by atoms with Gasteiger partial charge in [0.2, 0.25) is 0 Å². The first-order valence-corrected chi connectivity index (χ1v) is 22.5. The average Bonchev–Trinajstić information content (AvgIpc) is 3.86. The van der Waals surface area contributed by atoms with Crippen LogP contribution >= 0.6 is 0 Å². The minimum atomic E-state index is -0.546. The summed E-state index contributed by atoms with van der Waals surface area (Å²) in [4.78, 5) is 2.50.